The molecule has 1 aromatic carbocycles. The number of carbonyl (C=O) groups excluding carboxylic acids is 1. The van der Waals surface area contributed by atoms with Crippen LogP contribution in [0.4, 0.5) is 5.69 Å². The number of aliphatic hydroxyl groups excluding tert-OH is 1. The Labute approximate surface area is 96.5 Å². The summed E-state index contributed by atoms with van der Waals surface area (Å²) in [6.45, 7) is 5.85. The van der Waals surface area contributed by atoms with E-state index < -0.39 is 0 Å². The summed E-state index contributed by atoms with van der Waals surface area (Å²) in [5, 5.41) is 11.7. The van der Waals surface area contributed by atoms with Crippen molar-refractivity contribution in [1.29, 1.82) is 0 Å². The van der Waals surface area contributed by atoms with Gasteiger partial charge in [-0.05, 0) is 37.0 Å². The average molecular weight is 221 g/mol. The number of rotatable bonds is 4. The number of aryl methyl sites for hydroxylation is 2. The minimum absolute atomic E-state index is 0.00474. The zero-order chi connectivity index (χ0) is 12.1. The van der Waals surface area contributed by atoms with Crippen molar-refractivity contribution >= 4 is 11.6 Å². The topological polar surface area (TPSA) is 49.3 Å². The van der Waals surface area contributed by atoms with Crippen LogP contribution in [0.15, 0.2) is 18.2 Å². The molecule has 1 atom stereocenters. The van der Waals surface area contributed by atoms with Crippen molar-refractivity contribution in [3.8, 4) is 0 Å². The Kier molecular flexibility index (Phi) is 4.50. The number of aliphatic hydroxyl groups is 1. The fraction of sp³-hybridized carbons (Fsp3) is 0.462. The van der Waals surface area contributed by atoms with Gasteiger partial charge in [0.25, 0.3) is 0 Å². The van der Waals surface area contributed by atoms with Crippen LogP contribution in [-0.2, 0) is 4.79 Å². The summed E-state index contributed by atoms with van der Waals surface area (Å²) >= 11 is 0. The Morgan fingerprint density at radius 2 is 2.12 bits per heavy atom. The molecule has 0 aliphatic carbocycles. The Morgan fingerprint density at radius 1 is 1.44 bits per heavy atom. The van der Waals surface area contributed by atoms with Crippen LogP contribution in [0.1, 0.15) is 24.5 Å². The van der Waals surface area contributed by atoms with Crippen molar-refractivity contribution in [2.24, 2.45) is 5.92 Å². The smallest absolute Gasteiger partial charge is 0.224 e. The van der Waals surface area contributed by atoms with Gasteiger partial charge in [-0.2, -0.15) is 0 Å². The Morgan fingerprint density at radius 3 is 2.75 bits per heavy atom. The first kappa shape index (κ1) is 12.7. The van der Waals surface area contributed by atoms with Crippen LogP contribution < -0.4 is 5.32 Å². The summed E-state index contributed by atoms with van der Waals surface area (Å²) in [5.41, 5.74) is 3.03. The predicted molar refractivity (Wildman–Crippen MR) is 65.4 cm³/mol. The maximum atomic E-state index is 11.6. The molecule has 1 unspecified atom stereocenters. The number of amides is 1. The van der Waals surface area contributed by atoms with Gasteiger partial charge in [0.1, 0.15) is 0 Å². The van der Waals surface area contributed by atoms with Crippen LogP contribution in [-0.4, -0.2) is 17.6 Å². The molecule has 1 amide bonds. The van der Waals surface area contributed by atoms with E-state index in [-0.39, 0.29) is 18.4 Å². The lowest BCUT2D eigenvalue weighted by Crippen LogP contribution is -2.17. The highest BCUT2D eigenvalue weighted by Crippen LogP contribution is 2.17. The van der Waals surface area contributed by atoms with Crippen molar-refractivity contribution in [1.82, 2.24) is 0 Å². The van der Waals surface area contributed by atoms with Gasteiger partial charge >= 0.3 is 0 Å². The molecule has 0 fully saturated rings. The minimum atomic E-state index is -0.0461. The number of benzene rings is 1. The van der Waals surface area contributed by atoms with Gasteiger partial charge in [-0.15, -0.1) is 0 Å². The molecule has 3 heteroatoms. The third-order valence-corrected chi connectivity index (χ3v) is 2.51. The van der Waals surface area contributed by atoms with Crippen molar-refractivity contribution in [2.75, 3.05) is 11.9 Å². The van der Waals surface area contributed by atoms with Gasteiger partial charge in [-0.25, -0.2) is 0 Å². The van der Waals surface area contributed by atoms with E-state index in [1.54, 1.807) is 0 Å². The van der Waals surface area contributed by atoms with E-state index in [1.165, 1.54) is 0 Å². The van der Waals surface area contributed by atoms with Crippen molar-refractivity contribution < 1.29 is 9.90 Å². The van der Waals surface area contributed by atoms with Gasteiger partial charge in [0.05, 0.1) is 0 Å². The monoisotopic (exact) mass is 221 g/mol. The molecule has 2 N–H and O–H groups in total. The lowest BCUT2D eigenvalue weighted by Gasteiger charge is -2.11. The summed E-state index contributed by atoms with van der Waals surface area (Å²) in [6.07, 6.45) is 0.351. The van der Waals surface area contributed by atoms with Crippen LogP contribution >= 0.6 is 0 Å². The summed E-state index contributed by atoms with van der Waals surface area (Å²) in [4.78, 5) is 11.6. The molecule has 0 saturated carbocycles. The van der Waals surface area contributed by atoms with Gasteiger partial charge < -0.3 is 10.4 Å². The highest BCUT2D eigenvalue weighted by atomic mass is 16.3. The molecule has 0 aliphatic heterocycles. The molecule has 0 bridgehead atoms. The first-order chi connectivity index (χ1) is 7.52. The number of anilines is 1. The summed E-state index contributed by atoms with van der Waals surface area (Å²) < 4.78 is 0. The fourth-order valence-electron chi connectivity index (χ4n) is 1.45. The normalized spacial score (nSPS) is 12.2. The molecular formula is C13H19NO2. The maximum Gasteiger partial charge on any atom is 0.224 e. The number of hydrogen-bond donors (Lipinski definition) is 2. The first-order valence-electron chi connectivity index (χ1n) is 5.51. The zero-order valence-corrected chi connectivity index (χ0v) is 10.1. The SMILES string of the molecule is Cc1ccc(C)c(NC(=O)CC(C)CO)c1. The first-order valence-corrected chi connectivity index (χ1v) is 5.51. The standard InChI is InChI=1S/C13H19NO2/c1-9-4-5-11(3)12(6-9)14-13(16)7-10(2)8-15/h4-6,10,15H,7-8H2,1-3H3,(H,14,16). The van der Waals surface area contributed by atoms with E-state index >= 15 is 0 Å². The van der Waals surface area contributed by atoms with Crippen LogP contribution in [0.25, 0.3) is 0 Å². The largest absolute Gasteiger partial charge is 0.396 e. The highest BCUT2D eigenvalue weighted by molar-refractivity contribution is 5.91. The van der Waals surface area contributed by atoms with Gasteiger partial charge in [-0.3, -0.25) is 4.79 Å². The highest BCUT2D eigenvalue weighted by Gasteiger charge is 2.09. The maximum absolute atomic E-state index is 11.6. The van der Waals surface area contributed by atoms with Gasteiger partial charge in [0.15, 0.2) is 0 Å². The van der Waals surface area contributed by atoms with E-state index in [2.05, 4.69) is 5.32 Å². The molecular weight excluding hydrogens is 202 g/mol. The quantitative estimate of drug-likeness (QED) is 0.819. The third-order valence-electron chi connectivity index (χ3n) is 2.51. The third kappa shape index (κ3) is 3.66. The molecule has 3 nitrogen and oxygen atoms in total. The molecule has 1 rings (SSSR count). The summed E-state index contributed by atoms with van der Waals surface area (Å²) in [6, 6.07) is 5.96. The summed E-state index contributed by atoms with van der Waals surface area (Å²) in [7, 11) is 0. The zero-order valence-electron chi connectivity index (χ0n) is 10.1. The van der Waals surface area contributed by atoms with Crippen LogP contribution in [0.3, 0.4) is 0 Å². The molecule has 0 saturated heterocycles. The molecule has 16 heavy (non-hydrogen) atoms. The number of carbonyl (C=O) groups is 1. The molecule has 0 heterocycles. The van der Waals surface area contributed by atoms with Crippen LogP contribution in [0, 0.1) is 19.8 Å². The fourth-order valence-corrected chi connectivity index (χ4v) is 1.45. The Hall–Kier alpha value is -1.35. The second kappa shape index (κ2) is 5.66. The average Bonchev–Trinajstić information content (AvgIpc) is 2.23. The van der Waals surface area contributed by atoms with Crippen molar-refractivity contribution in [3.63, 3.8) is 0 Å². The lowest BCUT2D eigenvalue weighted by molar-refractivity contribution is -0.117. The number of hydrogen-bond acceptors (Lipinski definition) is 2. The van der Waals surface area contributed by atoms with E-state index in [1.807, 2.05) is 39.0 Å². The molecule has 0 spiro atoms. The molecule has 1 aromatic rings. The van der Waals surface area contributed by atoms with E-state index in [0.717, 1.165) is 16.8 Å². The van der Waals surface area contributed by atoms with Gasteiger partial charge in [0.2, 0.25) is 5.91 Å². The molecule has 0 aliphatic rings. The molecule has 88 valence electrons. The van der Waals surface area contributed by atoms with Crippen LogP contribution in [0.5, 0.6) is 0 Å². The summed E-state index contributed by atoms with van der Waals surface area (Å²) in [5.74, 6) is -0.0413. The molecule has 0 aromatic heterocycles. The molecule has 0 radical (unpaired) electrons. The van der Waals surface area contributed by atoms with Crippen molar-refractivity contribution in [3.05, 3.63) is 29.3 Å². The van der Waals surface area contributed by atoms with Crippen molar-refractivity contribution in [2.45, 2.75) is 27.2 Å². The lowest BCUT2D eigenvalue weighted by atomic mass is 10.1. The Bertz CT molecular complexity index is 374. The van der Waals surface area contributed by atoms with Crippen LogP contribution in [0.2, 0.25) is 0 Å². The second-order valence-electron chi connectivity index (χ2n) is 4.36. The Balaban J connectivity index is 2.65. The van der Waals surface area contributed by atoms with Gasteiger partial charge in [-0.1, -0.05) is 19.1 Å². The number of nitrogens with one attached hydrogen (secondary N) is 1. The van der Waals surface area contributed by atoms with E-state index in [9.17, 15) is 4.79 Å². The van der Waals surface area contributed by atoms with E-state index in [4.69, 9.17) is 5.11 Å². The minimum Gasteiger partial charge on any atom is -0.396 e. The second-order valence-corrected chi connectivity index (χ2v) is 4.36. The van der Waals surface area contributed by atoms with Gasteiger partial charge in [0, 0.05) is 18.7 Å². The van der Waals surface area contributed by atoms with E-state index in [0.29, 0.717) is 6.42 Å². The predicted octanol–water partition coefficient (Wildman–Crippen LogP) is 2.26.